The Labute approximate surface area is 280 Å². The number of hydrogen-bond acceptors (Lipinski definition) is 5. The predicted octanol–water partition coefficient (Wildman–Crippen LogP) is 3.08. The molecule has 2 aromatic carbocycles. The first-order chi connectivity index (χ1) is 20.3. The summed E-state index contributed by atoms with van der Waals surface area (Å²) in [6, 6.07) is 13.3. The maximum absolute atomic E-state index is 14.0. The van der Waals surface area contributed by atoms with Crippen LogP contribution < -0.4 is 22.2 Å². The van der Waals surface area contributed by atoms with Gasteiger partial charge in [-0.1, -0.05) is 35.9 Å². The Kier molecular flexibility index (Phi) is 12.5. The second kappa shape index (κ2) is 14.6. The normalized spacial score (nSPS) is 15.1. The summed E-state index contributed by atoms with van der Waals surface area (Å²) in [6.45, 7) is 8.89. The molecule has 2 N–H and O–H groups in total. The Morgan fingerprint density at radius 3 is 2.20 bits per heavy atom. The number of quaternary nitrogens is 1. The molecular weight excluding hydrogens is 667 g/mol. The molecule has 1 aromatic heterocycles. The van der Waals surface area contributed by atoms with Gasteiger partial charge in [0.25, 0.3) is 0 Å². The molecular formula is C31H40Cl2F3N4O5P. The summed E-state index contributed by atoms with van der Waals surface area (Å²) in [5, 5.41) is 0. The SMILES string of the molecule is Cc1cc(C(F)(F)F)cc(C(C)(C)C(=O)N(C)c2cnc(N3CC[N+](C)(COP(=O)(O)O)CC3)cc2-c2ccccc2C)c1.Cl.[Cl-]. The van der Waals surface area contributed by atoms with Gasteiger partial charge >= 0.3 is 14.0 Å². The largest absolute Gasteiger partial charge is 1.00 e. The van der Waals surface area contributed by atoms with Crippen molar-refractivity contribution in [3.8, 4) is 11.1 Å². The van der Waals surface area contributed by atoms with Gasteiger partial charge in [-0.05, 0) is 62.6 Å². The molecule has 1 aliphatic heterocycles. The van der Waals surface area contributed by atoms with Gasteiger partial charge in [0.05, 0.1) is 56.1 Å². The minimum atomic E-state index is -4.58. The Morgan fingerprint density at radius 2 is 1.63 bits per heavy atom. The highest BCUT2D eigenvalue weighted by Gasteiger charge is 2.38. The highest BCUT2D eigenvalue weighted by Crippen LogP contribution is 2.40. The summed E-state index contributed by atoms with van der Waals surface area (Å²) in [7, 11) is -1.11. The molecule has 0 radical (unpaired) electrons. The van der Waals surface area contributed by atoms with Crippen molar-refractivity contribution in [1.82, 2.24) is 4.98 Å². The Morgan fingerprint density at radius 1 is 1.04 bits per heavy atom. The standard InChI is InChI=1S/C31H38F3N4O5P.2ClH/c1-21-15-23(17-24(16-21)31(32,33)34)30(3,4)29(39)36(5)27-19-35-28(18-26(27)25-10-8-7-9-22(25)2)37-11-13-38(6,14-12-37)20-43-44(40,41)42;;/h7-10,15-19H,11-14,20H2,1-6H3,(H-,40,41,42);2*1H. The van der Waals surface area contributed by atoms with E-state index in [1.54, 1.807) is 40.1 Å². The number of pyridine rings is 1. The van der Waals surface area contributed by atoms with Gasteiger partial charge in [-0.3, -0.25) is 4.79 Å². The molecule has 1 aliphatic rings. The van der Waals surface area contributed by atoms with Crippen LogP contribution in [0.5, 0.6) is 0 Å². The van der Waals surface area contributed by atoms with Gasteiger partial charge in [0.2, 0.25) is 5.91 Å². The van der Waals surface area contributed by atoms with E-state index in [9.17, 15) is 22.5 Å². The zero-order chi connectivity index (χ0) is 32.7. The highest BCUT2D eigenvalue weighted by molar-refractivity contribution is 7.46. The topological polar surface area (TPSA) is 103 Å². The molecule has 1 fully saturated rings. The molecule has 1 amide bonds. The average molecular weight is 708 g/mol. The number of aryl methyl sites for hydroxylation is 2. The van der Waals surface area contributed by atoms with Crippen LogP contribution in [0.2, 0.25) is 0 Å². The number of benzene rings is 2. The number of aromatic nitrogens is 1. The molecule has 15 heteroatoms. The fraction of sp³-hybridized carbons (Fsp3) is 0.419. The quantitative estimate of drug-likeness (QED) is 0.274. The molecule has 0 aliphatic carbocycles. The second-order valence-electron chi connectivity index (χ2n) is 12.3. The summed E-state index contributed by atoms with van der Waals surface area (Å²) in [5.74, 6) is 0.277. The summed E-state index contributed by atoms with van der Waals surface area (Å²) >= 11 is 0. The fourth-order valence-corrected chi connectivity index (χ4v) is 5.88. The summed E-state index contributed by atoms with van der Waals surface area (Å²) in [5.41, 5.74) is 1.70. The van der Waals surface area contributed by atoms with Crippen LogP contribution in [0, 0.1) is 13.8 Å². The fourth-order valence-electron chi connectivity index (χ4n) is 5.45. The van der Waals surface area contributed by atoms with E-state index in [0.717, 1.165) is 28.8 Å². The van der Waals surface area contributed by atoms with Crippen LogP contribution >= 0.6 is 20.2 Å². The van der Waals surface area contributed by atoms with Gasteiger partial charge < -0.3 is 36.5 Å². The van der Waals surface area contributed by atoms with Gasteiger partial charge in [0, 0.05) is 12.6 Å². The van der Waals surface area contributed by atoms with Crippen LogP contribution in [0.4, 0.5) is 24.7 Å². The number of carbonyl (C=O) groups excluding carboxylic acids is 1. The number of rotatable bonds is 8. The lowest BCUT2D eigenvalue weighted by molar-refractivity contribution is -0.925. The van der Waals surface area contributed by atoms with E-state index in [-0.39, 0.29) is 37.1 Å². The lowest BCUT2D eigenvalue weighted by Crippen LogP contribution is -3.00. The van der Waals surface area contributed by atoms with Crippen molar-refractivity contribution in [2.45, 2.75) is 39.3 Å². The van der Waals surface area contributed by atoms with Crippen LogP contribution in [-0.2, 0) is 25.5 Å². The van der Waals surface area contributed by atoms with Crippen molar-refractivity contribution >= 4 is 37.6 Å². The first kappa shape index (κ1) is 39.5. The average Bonchev–Trinajstić information content (AvgIpc) is 2.95. The number of alkyl halides is 3. The van der Waals surface area contributed by atoms with E-state index in [2.05, 4.69) is 4.90 Å². The number of nitrogens with zero attached hydrogens (tertiary/aromatic N) is 4. The Balaban J connectivity index is 0.00000368. The smallest absolute Gasteiger partial charge is 0.474 e. The number of amides is 1. The van der Waals surface area contributed by atoms with Crippen molar-refractivity contribution in [3.05, 3.63) is 77.0 Å². The molecule has 2 heterocycles. The minimum absolute atomic E-state index is 0. The number of phosphoric ester groups is 1. The summed E-state index contributed by atoms with van der Waals surface area (Å²) in [6.07, 6.45) is -2.93. The van der Waals surface area contributed by atoms with Gasteiger partial charge in [0.1, 0.15) is 5.82 Å². The molecule has 9 nitrogen and oxygen atoms in total. The van der Waals surface area contributed by atoms with Crippen LogP contribution in [-0.4, -0.2) is 72.2 Å². The maximum atomic E-state index is 14.0. The van der Waals surface area contributed by atoms with E-state index in [1.165, 1.54) is 4.90 Å². The molecule has 254 valence electrons. The zero-order valence-corrected chi connectivity index (χ0v) is 29.0. The van der Waals surface area contributed by atoms with Gasteiger partial charge in [-0.15, -0.1) is 12.4 Å². The molecule has 46 heavy (non-hydrogen) atoms. The number of likely N-dealkylation sites (N-methyl/N-ethyl adjacent to an activating group) is 2. The third-order valence-corrected chi connectivity index (χ3v) is 8.76. The lowest BCUT2D eigenvalue weighted by atomic mass is 9.81. The van der Waals surface area contributed by atoms with E-state index in [0.29, 0.717) is 47.7 Å². The number of anilines is 2. The molecule has 1 saturated heterocycles. The van der Waals surface area contributed by atoms with Crippen molar-refractivity contribution in [3.63, 3.8) is 0 Å². The number of piperazine rings is 1. The first-order valence-electron chi connectivity index (χ1n) is 14.1. The van der Waals surface area contributed by atoms with Crippen molar-refractivity contribution in [2.75, 3.05) is 56.8 Å². The Bertz CT molecular complexity index is 1590. The monoisotopic (exact) mass is 706 g/mol. The van der Waals surface area contributed by atoms with Gasteiger partial charge in [0.15, 0.2) is 6.73 Å². The minimum Gasteiger partial charge on any atom is -1.00 e. The third-order valence-electron chi connectivity index (χ3n) is 8.31. The second-order valence-corrected chi connectivity index (χ2v) is 13.5. The molecule has 0 bridgehead atoms. The molecule has 3 aromatic rings. The molecule has 0 spiro atoms. The van der Waals surface area contributed by atoms with Gasteiger partial charge in [-0.2, -0.15) is 13.2 Å². The number of phosphoric acid groups is 1. The highest BCUT2D eigenvalue weighted by atomic mass is 35.5. The van der Waals surface area contributed by atoms with Gasteiger partial charge in [-0.25, -0.2) is 14.1 Å². The third kappa shape index (κ3) is 9.01. The summed E-state index contributed by atoms with van der Waals surface area (Å²) in [4.78, 5) is 40.5. The van der Waals surface area contributed by atoms with E-state index in [4.69, 9.17) is 19.3 Å². The number of hydrogen-bond donors (Lipinski definition) is 2. The van der Waals surface area contributed by atoms with Crippen molar-refractivity contribution in [2.24, 2.45) is 0 Å². The van der Waals surface area contributed by atoms with Crippen LogP contribution in [0.25, 0.3) is 11.1 Å². The van der Waals surface area contributed by atoms with Crippen LogP contribution in [0.3, 0.4) is 0 Å². The summed E-state index contributed by atoms with van der Waals surface area (Å²) < 4.78 is 57.1. The molecule has 0 atom stereocenters. The van der Waals surface area contributed by atoms with Crippen LogP contribution in [0.15, 0.2) is 54.7 Å². The molecule has 0 saturated carbocycles. The van der Waals surface area contributed by atoms with Crippen molar-refractivity contribution < 1.29 is 53.7 Å². The zero-order valence-electron chi connectivity index (χ0n) is 26.5. The Hall–Kier alpha value is -2.70. The maximum Gasteiger partial charge on any atom is 0.474 e. The van der Waals surface area contributed by atoms with E-state index in [1.807, 2.05) is 44.3 Å². The molecule has 0 unspecified atom stereocenters. The van der Waals surface area contributed by atoms with E-state index >= 15 is 0 Å². The number of halogens is 5. The first-order valence-corrected chi connectivity index (χ1v) is 15.7. The predicted molar refractivity (Wildman–Crippen MR) is 170 cm³/mol. The van der Waals surface area contributed by atoms with Crippen LogP contribution in [0.1, 0.15) is 36.1 Å². The van der Waals surface area contributed by atoms with Crippen molar-refractivity contribution in [1.29, 1.82) is 0 Å². The van der Waals surface area contributed by atoms with E-state index < -0.39 is 30.9 Å². The molecule has 4 rings (SSSR count). The number of carbonyl (C=O) groups is 1. The lowest BCUT2D eigenvalue weighted by Gasteiger charge is -2.42.